The Morgan fingerprint density at radius 3 is 0.854 bits per heavy atom. The minimum atomic E-state index is -5.58. The fourth-order valence-corrected chi connectivity index (χ4v) is 16.4. The molecular weight excluding hydrogens is 1490 g/mol. The second-order valence-electron chi connectivity index (χ2n) is 19.9. The Morgan fingerprint density at radius 2 is 0.573 bits per heavy atom. The molecule has 0 radical (unpaired) electrons. The maximum absolute atomic E-state index is 13.9. The van der Waals surface area contributed by atoms with Crippen molar-refractivity contribution in [3.05, 3.63) is 144 Å². The molecule has 0 aliphatic rings. The third-order valence-electron chi connectivity index (χ3n) is 13.2. The smallest absolute Gasteiger partial charge is 0.328 e. The maximum Gasteiger partial charge on any atom is 0.328 e. The summed E-state index contributed by atoms with van der Waals surface area (Å²) in [6.07, 6.45) is 0. The molecule has 0 fully saturated rings. The van der Waals surface area contributed by atoms with E-state index in [0.29, 0.717) is 72.8 Å². The molecule has 47 heteroatoms. The number of nitrogens with one attached hydrogen (secondary N) is 6. The Labute approximate surface area is 542 Å². The summed E-state index contributed by atoms with van der Waals surface area (Å²) in [5.41, 5.74) is -5.62. The van der Waals surface area contributed by atoms with E-state index < -0.39 is 223 Å². The number of hydrogen-bond acceptors (Lipinski definition) is 25. The number of amides is 4. The van der Waals surface area contributed by atoms with Crippen molar-refractivity contribution >= 4 is 175 Å². The molecule has 0 spiro atoms. The van der Waals surface area contributed by atoms with Gasteiger partial charge < -0.3 is 10.6 Å². The van der Waals surface area contributed by atoms with Gasteiger partial charge in [-0.1, -0.05) is 12.1 Å². The van der Waals surface area contributed by atoms with Crippen molar-refractivity contribution in [2.45, 2.75) is 62.8 Å². The number of imide groups is 2. The Balaban J connectivity index is 1.02. The highest BCUT2D eigenvalue weighted by Gasteiger charge is 2.31. The molecule has 0 atom stereocenters. The number of benzene rings is 8. The van der Waals surface area contributed by atoms with E-state index in [9.17, 15) is 135 Å². The highest BCUT2D eigenvalue weighted by Crippen LogP contribution is 2.41. The standard InChI is InChI=1S/C49H40N6O31S10/c1-23-3-7-29(17-37(23)50-39-19-31(89(63,64)65)11-27-13-33(91(69,70)71)21-43(45(27)39)95(81,82)83)87(59,60)54-35-9-5-25(15-41(35)93(75,76)77)47(56)52-49(58)53-48(57)26-6-10-36(42(16-26)94(78,79)80)55-88(61,62)30-8-4-24(2)38(18-30)51-40-20-32(90(66,67)68)12-28-14-34(92(72,73)74)22-44(46(28)40)96(84,85)86/h3-22,50-51,54-55H,1-2H3,(H,63,64,65)(H,66,67,68)(H,69,70,71)(H,72,73,74)(H,75,76,77)(H,78,79,80)(H,81,82,83)(H,84,85,86)(H2,52,53,56,57,58). The number of hydrogen-bond donors (Lipinski definition) is 14. The molecule has 512 valence electrons. The second kappa shape index (κ2) is 25.0. The minimum absolute atomic E-state index is 0.0701. The van der Waals surface area contributed by atoms with Gasteiger partial charge >= 0.3 is 6.03 Å². The van der Waals surface area contributed by atoms with Crippen LogP contribution < -0.4 is 30.7 Å². The van der Waals surface area contributed by atoms with Crippen molar-refractivity contribution in [3.8, 4) is 0 Å². The summed E-state index contributed by atoms with van der Waals surface area (Å²) < 4.78 is 337. The highest BCUT2D eigenvalue weighted by atomic mass is 32.3. The van der Waals surface area contributed by atoms with Crippen LogP contribution >= 0.6 is 0 Å². The Hall–Kier alpha value is -8.73. The minimum Gasteiger partial charge on any atom is -0.355 e. The maximum atomic E-state index is 13.9. The van der Waals surface area contributed by atoms with Crippen LogP contribution in [0.3, 0.4) is 0 Å². The largest absolute Gasteiger partial charge is 0.355 e. The van der Waals surface area contributed by atoms with Gasteiger partial charge in [-0.25, -0.2) is 21.6 Å². The number of urea groups is 1. The van der Waals surface area contributed by atoms with Crippen LogP contribution in [0, 0.1) is 13.8 Å². The van der Waals surface area contributed by atoms with Gasteiger partial charge in [-0.15, -0.1) is 0 Å². The fraction of sp³-hybridized carbons (Fsp3) is 0.0408. The van der Waals surface area contributed by atoms with Crippen LogP contribution in [0.25, 0.3) is 21.5 Å². The van der Waals surface area contributed by atoms with Crippen molar-refractivity contribution in [3.63, 3.8) is 0 Å². The lowest BCUT2D eigenvalue weighted by atomic mass is 10.1. The Kier molecular flexibility index (Phi) is 19.1. The topological polar surface area (TPSA) is 627 Å². The molecule has 8 rings (SSSR count). The highest BCUT2D eigenvalue weighted by molar-refractivity contribution is 7.93. The van der Waals surface area contributed by atoms with Crippen LogP contribution in [0.15, 0.2) is 170 Å². The Bertz CT molecular complexity index is 5640. The van der Waals surface area contributed by atoms with Gasteiger partial charge in [0.15, 0.2) is 0 Å². The van der Waals surface area contributed by atoms with Gasteiger partial charge in [0.25, 0.3) is 113 Å². The molecule has 0 saturated carbocycles. The number of rotatable bonds is 20. The van der Waals surface area contributed by atoms with E-state index >= 15 is 0 Å². The summed E-state index contributed by atoms with van der Waals surface area (Å²) in [7, 11) is -53.3. The molecule has 0 bridgehead atoms. The number of carbonyl (C=O) groups is 3. The molecule has 37 nitrogen and oxygen atoms in total. The predicted molar refractivity (Wildman–Crippen MR) is 330 cm³/mol. The molecule has 8 aromatic rings. The van der Waals surface area contributed by atoms with Gasteiger partial charge in [0.2, 0.25) is 0 Å². The number of anilines is 6. The van der Waals surface area contributed by atoms with Gasteiger partial charge in [0.1, 0.15) is 19.6 Å². The van der Waals surface area contributed by atoms with Gasteiger partial charge in [0, 0.05) is 44.6 Å². The van der Waals surface area contributed by atoms with Crippen molar-refractivity contribution in [2.75, 3.05) is 20.1 Å². The van der Waals surface area contributed by atoms with Crippen LogP contribution in [0.2, 0.25) is 0 Å². The Morgan fingerprint density at radius 1 is 0.292 bits per heavy atom. The summed E-state index contributed by atoms with van der Waals surface area (Å²) in [5, 5.41) is 5.52. The number of fused-ring (bicyclic) bond motifs is 2. The monoisotopic (exact) mass is 1530 g/mol. The summed E-state index contributed by atoms with van der Waals surface area (Å²) in [5.74, 6) is -3.19. The zero-order chi connectivity index (χ0) is 72.0. The first kappa shape index (κ1) is 73.1. The van der Waals surface area contributed by atoms with Crippen LogP contribution in [0.5, 0.6) is 0 Å². The molecule has 0 aromatic heterocycles. The van der Waals surface area contributed by atoms with Crippen molar-refractivity contribution in [1.29, 1.82) is 0 Å². The molecule has 8 aromatic carbocycles. The van der Waals surface area contributed by atoms with E-state index in [2.05, 4.69) is 10.6 Å². The molecule has 0 saturated heterocycles. The lowest BCUT2D eigenvalue weighted by Gasteiger charge is -2.18. The van der Waals surface area contributed by atoms with Crippen LogP contribution in [-0.4, -0.2) is 138 Å². The van der Waals surface area contributed by atoms with E-state index in [0.717, 1.165) is 36.4 Å². The average molecular weight is 1530 g/mol. The van der Waals surface area contributed by atoms with Gasteiger partial charge in [0.05, 0.1) is 40.7 Å². The lowest BCUT2D eigenvalue weighted by Crippen LogP contribution is -2.42. The quantitative estimate of drug-likeness (QED) is 0.0480. The van der Waals surface area contributed by atoms with Gasteiger partial charge in [-0.05, 0) is 145 Å². The summed E-state index contributed by atoms with van der Waals surface area (Å²) in [6, 6.07) is 10.9. The zero-order valence-electron chi connectivity index (χ0n) is 47.1. The number of sulfonamides is 2. The average Bonchev–Trinajstić information content (AvgIpc) is 0.771. The molecule has 0 unspecified atom stereocenters. The molecular formula is C49H40N6O31S10. The number of carbonyl (C=O) groups excluding carboxylic acids is 3. The molecule has 14 N–H and O–H groups in total. The van der Waals surface area contributed by atoms with Crippen molar-refractivity contribution < 1.29 is 135 Å². The van der Waals surface area contributed by atoms with E-state index in [1.807, 2.05) is 9.44 Å². The number of aryl methyl sites for hydroxylation is 2. The van der Waals surface area contributed by atoms with E-state index in [-0.39, 0.29) is 34.6 Å². The first-order valence-corrected chi connectivity index (χ1v) is 39.4. The van der Waals surface area contributed by atoms with Crippen LogP contribution in [-0.2, 0) is 101 Å². The van der Waals surface area contributed by atoms with Crippen LogP contribution in [0.1, 0.15) is 31.8 Å². The van der Waals surface area contributed by atoms with E-state index in [1.54, 1.807) is 10.6 Å². The molecule has 0 aliphatic heterocycles. The summed E-state index contributed by atoms with van der Waals surface area (Å²) >= 11 is 0. The molecule has 0 aliphatic carbocycles. The second-order valence-corrected chi connectivity index (χ2v) is 34.5. The lowest BCUT2D eigenvalue weighted by molar-refractivity contribution is 0.0943. The first-order valence-electron chi connectivity index (χ1n) is 24.9. The SMILES string of the molecule is Cc1ccc(S(=O)(=O)Nc2ccc(C(=O)NC(=O)NC(=O)c3ccc(NS(=O)(=O)c4ccc(C)c(Nc5cc(S(=O)(=O)O)cc6cc(S(=O)(=O)O)cc(S(=O)(=O)O)c56)c4)c(S(=O)(=O)O)c3)cc2S(=O)(=O)O)cc1Nc1cc(S(=O)(=O)O)cc2cc(S(=O)(=O)O)cc(S(=O)(=O)O)c12. The third kappa shape index (κ3) is 16.2. The summed E-state index contributed by atoms with van der Waals surface area (Å²) in [6.45, 7) is 2.62. The van der Waals surface area contributed by atoms with Crippen LogP contribution in [0.4, 0.5) is 38.9 Å². The van der Waals surface area contributed by atoms with Gasteiger partial charge in [-0.3, -0.25) is 66.1 Å². The zero-order valence-corrected chi connectivity index (χ0v) is 55.3. The van der Waals surface area contributed by atoms with E-state index in [1.165, 1.54) is 13.8 Å². The molecule has 96 heavy (non-hydrogen) atoms. The molecule has 4 amide bonds. The first-order chi connectivity index (χ1) is 43.6. The van der Waals surface area contributed by atoms with Crippen molar-refractivity contribution in [2.24, 2.45) is 0 Å². The van der Waals surface area contributed by atoms with E-state index in [4.69, 9.17) is 0 Å². The summed E-state index contributed by atoms with van der Waals surface area (Å²) in [4.78, 5) is 28.3. The van der Waals surface area contributed by atoms with Crippen molar-refractivity contribution in [1.82, 2.24) is 10.6 Å². The normalized spacial score (nSPS) is 13.0. The molecule has 0 heterocycles. The van der Waals surface area contributed by atoms with Gasteiger partial charge in [-0.2, -0.15) is 67.3 Å². The fourth-order valence-electron chi connectivity index (χ4n) is 8.85. The predicted octanol–water partition coefficient (Wildman–Crippen LogP) is 3.95. The third-order valence-corrected chi connectivity index (χ3v) is 22.8.